The Balaban J connectivity index is 2.66. The molecule has 0 unspecified atom stereocenters. The van der Waals surface area contributed by atoms with Gasteiger partial charge in [-0.3, -0.25) is 0 Å². The zero-order valence-electron chi connectivity index (χ0n) is 13.0. The molecule has 20 heavy (non-hydrogen) atoms. The number of rotatable bonds is 7. The summed E-state index contributed by atoms with van der Waals surface area (Å²) in [6.07, 6.45) is 0. The number of halogens is 2. The van der Waals surface area contributed by atoms with Crippen LogP contribution in [0, 0.1) is 11.3 Å². The van der Waals surface area contributed by atoms with Crippen LogP contribution in [0.5, 0.6) is 5.75 Å². The van der Waals surface area contributed by atoms with Crippen LogP contribution in [0.2, 0.25) is 0 Å². The van der Waals surface area contributed by atoms with Crippen molar-refractivity contribution in [1.82, 2.24) is 5.32 Å². The van der Waals surface area contributed by atoms with Crippen LogP contribution in [0.4, 0.5) is 0 Å². The monoisotopic (exact) mass is 405 g/mol. The SMILES string of the molecule is CCOc1c(Br)cc(CNCC(C)(C)C(C)C)cc1Br. The number of hydrogen-bond donors (Lipinski definition) is 1. The second kappa shape index (κ2) is 7.81. The first kappa shape index (κ1) is 18.0. The van der Waals surface area contributed by atoms with Gasteiger partial charge in [0.25, 0.3) is 0 Å². The summed E-state index contributed by atoms with van der Waals surface area (Å²) in [6, 6.07) is 4.23. The molecule has 1 N–H and O–H groups in total. The molecule has 0 heterocycles. The first-order chi connectivity index (χ1) is 9.27. The lowest BCUT2D eigenvalue weighted by molar-refractivity contribution is 0.238. The van der Waals surface area contributed by atoms with E-state index in [9.17, 15) is 0 Å². The molecule has 2 nitrogen and oxygen atoms in total. The normalized spacial score (nSPS) is 12.0. The van der Waals surface area contributed by atoms with E-state index in [0.29, 0.717) is 17.9 Å². The standard InChI is InChI=1S/C16H25Br2NO/c1-6-20-15-13(17)7-12(8-14(15)18)9-19-10-16(4,5)11(2)3/h7-8,11,19H,6,9-10H2,1-5H3. The van der Waals surface area contributed by atoms with Gasteiger partial charge in [-0.15, -0.1) is 0 Å². The van der Waals surface area contributed by atoms with E-state index in [1.165, 1.54) is 5.56 Å². The Labute approximate surface area is 139 Å². The first-order valence-corrected chi connectivity index (χ1v) is 8.68. The van der Waals surface area contributed by atoms with Crippen molar-refractivity contribution in [1.29, 1.82) is 0 Å². The Morgan fingerprint density at radius 3 is 2.20 bits per heavy atom. The average Bonchev–Trinajstić information content (AvgIpc) is 2.33. The van der Waals surface area contributed by atoms with Crippen LogP contribution in [0.3, 0.4) is 0 Å². The Morgan fingerprint density at radius 2 is 1.75 bits per heavy atom. The largest absolute Gasteiger partial charge is 0.492 e. The third-order valence-corrected chi connectivity index (χ3v) is 5.00. The predicted octanol–water partition coefficient (Wildman–Crippen LogP) is 5.38. The molecule has 0 aliphatic heterocycles. The molecule has 0 aliphatic carbocycles. The van der Waals surface area contributed by atoms with Crippen molar-refractivity contribution in [3.63, 3.8) is 0 Å². The molecule has 0 atom stereocenters. The minimum absolute atomic E-state index is 0.305. The summed E-state index contributed by atoms with van der Waals surface area (Å²) in [4.78, 5) is 0. The summed E-state index contributed by atoms with van der Waals surface area (Å²) >= 11 is 7.14. The number of nitrogens with one attached hydrogen (secondary N) is 1. The number of benzene rings is 1. The molecule has 114 valence electrons. The zero-order chi connectivity index (χ0) is 15.3. The van der Waals surface area contributed by atoms with E-state index in [2.05, 4.69) is 77.0 Å². The quantitative estimate of drug-likeness (QED) is 0.655. The highest BCUT2D eigenvalue weighted by molar-refractivity contribution is 9.11. The third-order valence-electron chi connectivity index (χ3n) is 3.82. The maximum atomic E-state index is 5.60. The van der Waals surface area contributed by atoms with Crippen molar-refractivity contribution in [3.8, 4) is 5.75 Å². The fourth-order valence-corrected chi connectivity index (χ4v) is 3.24. The second-order valence-corrected chi connectivity index (χ2v) is 7.78. The van der Waals surface area contributed by atoms with E-state index in [1.54, 1.807) is 0 Å². The fourth-order valence-electron chi connectivity index (χ4n) is 1.73. The van der Waals surface area contributed by atoms with Crippen LogP contribution >= 0.6 is 31.9 Å². The molecule has 0 saturated carbocycles. The second-order valence-electron chi connectivity index (χ2n) is 6.07. The van der Waals surface area contributed by atoms with Gasteiger partial charge in [0.1, 0.15) is 5.75 Å². The van der Waals surface area contributed by atoms with Gasteiger partial charge in [0.15, 0.2) is 0 Å². The van der Waals surface area contributed by atoms with Gasteiger partial charge >= 0.3 is 0 Å². The van der Waals surface area contributed by atoms with Crippen LogP contribution in [0.25, 0.3) is 0 Å². The summed E-state index contributed by atoms with van der Waals surface area (Å²) in [7, 11) is 0. The van der Waals surface area contributed by atoms with Crippen molar-refractivity contribution < 1.29 is 4.74 Å². The highest BCUT2D eigenvalue weighted by Gasteiger charge is 2.21. The van der Waals surface area contributed by atoms with Crippen LogP contribution in [0.1, 0.15) is 40.2 Å². The van der Waals surface area contributed by atoms with Gasteiger partial charge in [0, 0.05) is 13.1 Å². The van der Waals surface area contributed by atoms with Crippen LogP contribution in [-0.2, 0) is 6.54 Å². The van der Waals surface area contributed by atoms with Crippen LogP contribution in [0.15, 0.2) is 21.1 Å². The van der Waals surface area contributed by atoms with Gasteiger partial charge in [-0.25, -0.2) is 0 Å². The highest BCUT2D eigenvalue weighted by atomic mass is 79.9. The Kier molecular flexibility index (Phi) is 7.02. The van der Waals surface area contributed by atoms with Crippen molar-refractivity contribution in [2.45, 2.75) is 41.2 Å². The highest BCUT2D eigenvalue weighted by Crippen LogP contribution is 2.34. The summed E-state index contributed by atoms with van der Waals surface area (Å²) in [6.45, 7) is 13.7. The van der Waals surface area contributed by atoms with Crippen molar-refractivity contribution in [2.75, 3.05) is 13.2 Å². The summed E-state index contributed by atoms with van der Waals surface area (Å²) < 4.78 is 7.59. The molecule has 0 bridgehead atoms. The molecule has 0 saturated heterocycles. The Bertz CT molecular complexity index is 421. The van der Waals surface area contributed by atoms with E-state index in [1.807, 2.05) is 6.92 Å². The first-order valence-electron chi connectivity index (χ1n) is 7.09. The van der Waals surface area contributed by atoms with E-state index >= 15 is 0 Å². The smallest absolute Gasteiger partial charge is 0.147 e. The number of hydrogen-bond acceptors (Lipinski definition) is 2. The van der Waals surface area contributed by atoms with Crippen LogP contribution < -0.4 is 10.1 Å². The zero-order valence-corrected chi connectivity index (χ0v) is 16.2. The topological polar surface area (TPSA) is 21.3 Å². The maximum absolute atomic E-state index is 5.60. The molecule has 0 amide bonds. The predicted molar refractivity (Wildman–Crippen MR) is 93.3 cm³/mol. The van der Waals surface area contributed by atoms with Gasteiger partial charge in [0.05, 0.1) is 15.6 Å². The van der Waals surface area contributed by atoms with E-state index in [4.69, 9.17) is 4.74 Å². The van der Waals surface area contributed by atoms with Crippen molar-refractivity contribution in [3.05, 3.63) is 26.6 Å². The molecule has 4 heteroatoms. The molecule has 1 rings (SSSR count). The molecule has 0 aromatic heterocycles. The molecule has 1 aromatic carbocycles. The molecule has 1 aromatic rings. The van der Waals surface area contributed by atoms with Gasteiger partial charge < -0.3 is 10.1 Å². The lowest BCUT2D eigenvalue weighted by Gasteiger charge is -2.29. The van der Waals surface area contributed by atoms with E-state index in [0.717, 1.165) is 27.8 Å². The minimum atomic E-state index is 0.305. The van der Waals surface area contributed by atoms with Crippen molar-refractivity contribution in [2.24, 2.45) is 11.3 Å². The molecule has 0 fully saturated rings. The lowest BCUT2D eigenvalue weighted by atomic mass is 9.81. The van der Waals surface area contributed by atoms with E-state index in [-0.39, 0.29) is 0 Å². The Morgan fingerprint density at radius 1 is 1.20 bits per heavy atom. The number of ether oxygens (including phenoxy) is 1. The molecular formula is C16H25Br2NO. The van der Waals surface area contributed by atoms with Gasteiger partial charge in [-0.1, -0.05) is 27.7 Å². The third kappa shape index (κ3) is 5.05. The molecular weight excluding hydrogens is 382 g/mol. The average molecular weight is 407 g/mol. The van der Waals surface area contributed by atoms with E-state index < -0.39 is 0 Å². The van der Waals surface area contributed by atoms with Crippen LogP contribution in [-0.4, -0.2) is 13.2 Å². The molecule has 0 spiro atoms. The van der Waals surface area contributed by atoms with Gasteiger partial charge in [-0.05, 0) is 67.8 Å². The summed E-state index contributed by atoms with van der Waals surface area (Å²) in [5, 5.41) is 3.55. The minimum Gasteiger partial charge on any atom is -0.492 e. The van der Waals surface area contributed by atoms with Crippen molar-refractivity contribution >= 4 is 31.9 Å². The summed E-state index contributed by atoms with van der Waals surface area (Å²) in [5.74, 6) is 1.53. The fraction of sp³-hybridized carbons (Fsp3) is 0.625. The molecule has 0 aliphatic rings. The molecule has 0 radical (unpaired) electrons. The Hall–Kier alpha value is -0.0600. The lowest BCUT2D eigenvalue weighted by Crippen LogP contribution is -2.33. The van der Waals surface area contributed by atoms with Gasteiger partial charge in [0.2, 0.25) is 0 Å². The maximum Gasteiger partial charge on any atom is 0.147 e. The summed E-state index contributed by atoms with van der Waals surface area (Å²) in [5.41, 5.74) is 1.55. The van der Waals surface area contributed by atoms with Gasteiger partial charge in [-0.2, -0.15) is 0 Å².